The van der Waals surface area contributed by atoms with Crippen molar-refractivity contribution in [2.45, 2.75) is 49.1 Å². The van der Waals surface area contributed by atoms with Crippen LogP contribution >= 0.6 is 0 Å². The molecule has 3 N–H and O–H groups in total. The molecule has 0 amide bonds. The van der Waals surface area contributed by atoms with E-state index >= 15 is 0 Å². The Hall–Kier alpha value is -1.08. The van der Waals surface area contributed by atoms with E-state index in [0.717, 1.165) is 31.9 Å². The molecular weight excluding hydrogens is 254 g/mol. The van der Waals surface area contributed by atoms with Gasteiger partial charge < -0.3 is 10.8 Å². The Morgan fingerprint density at radius 2 is 2.06 bits per heavy atom. The monoisotopic (exact) mass is 273 g/mol. The topological polar surface area (TPSA) is 98.2 Å². The molecule has 1 fully saturated rings. The lowest BCUT2D eigenvalue weighted by Gasteiger charge is -2.21. The lowest BCUT2D eigenvalue weighted by Crippen LogP contribution is -2.25. The molecule has 2 unspecified atom stereocenters. The fourth-order valence-corrected chi connectivity index (χ4v) is 3.17. The second-order valence-corrected chi connectivity index (χ2v) is 6.87. The summed E-state index contributed by atoms with van der Waals surface area (Å²) in [6.07, 6.45) is 6.40. The van der Waals surface area contributed by atoms with Gasteiger partial charge in [0.25, 0.3) is 0 Å². The number of aromatic nitrogens is 2. The summed E-state index contributed by atoms with van der Waals surface area (Å²) in [5.74, 6) is 0.128. The van der Waals surface area contributed by atoms with Crippen molar-refractivity contribution in [1.29, 1.82) is 0 Å². The van der Waals surface area contributed by atoms with Gasteiger partial charge in [-0.05, 0) is 12.8 Å². The second-order valence-electron chi connectivity index (χ2n) is 4.88. The lowest BCUT2D eigenvalue weighted by molar-refractivity contribution is 0.100. The first-order chi connectivity index (χ1) is 8.41. The van der Waals surface area contributed by atoms with Crippen LogP contribution in [0.25, 0.3) is 0 Å². The molecule has 0 bridgehead atoms. The maximum atomic E-state index is 11.5. The maximum absolute atomic E-state index is 11.5. The summed E-state index contributed by atoms with van der Waals surface area (Å²) in [6.45, 7) is 0. The standard InChI is InChI=1S/C11H19N3O3S/c1-18(16,17)10-7-13-14(11(10)12)8-5-3-2-4-6-9(8)15/h7-9,15H,2-6,12H2,1H3. The Kier molecular flexibility index (Phi) is 3.63. The first-order valence-corrected chi connectivity index (χ1v) is 8.01. The Balaban J connectivity index is 2.36. The fraction of sp³-hybridized carbons (Fsp3) is 0.727. The van der Waals surface area contributed by atoms with Gasteiger partial charge in [-0.1, -0.05) is 19.3 Å². The average molecular weight is 273 g/mol. The molecule has 7 heteroatoms. The second kappa shape index (κ2) is 4.89. The van der Waals surface area contributed by atoms with E-state index in [9.17, 15) is 13.5 Å². The molecule has 2 atom stereocenters. The minimum atomic E-state index is -3.37. The van der Waals surface area contributed by atoms with Crippen LogP contribution in [0.4, 0.5) is 5.82 Å². The number of sulfone groups is 1. The Morgan fingerprint density at radius 1 is 1.39 bits per heavy atom. The minimum absolute atomic E-state index is 0.0407. The number of nitrogens with two attached hydrogens (primary N) is 1. The highest BCUT2D eigenvalue weighted by Gasteiger charge is 2.27. The van der Waals surface area contributed by atoms with Crippen LogP contribution in [-0.4, -0.2) is 35.7 Å². The molecule has 1 aliphatic carbocycles. The molecule has 1 aliphatic rings. The van der Waals surface area contributed by atoms with Gasteiger partial charge >= 0.3 is 0 Å². The highest BCUT2D eigenvalue weighted by Crippen LogP contribution is 2.31. The Bertz CT molecular complexity index is 524. The van der Waals surface area contributed by atoms with Crippen molar-refractivity contribution < 1.29 is 13.5 Å². The number of nitrogens with zero attached hydrogens (tertiary/aromatic N) is 2. The highest BCUT2D eigenvalue weighted by molar-refractivity contribution is 7.90. The van der Waals surface area contributed by atoms with Crippen molar-refractivity contribution in [2.24, 2.45) is 0 Å². The molecule has 0 spiro atoms. The van der Waals surface area contributed by atoms with E-state index < -0.39 is 15.9 Å². The zero-order chi connectivity index (χ0) is 13.3. The zero-order valence-corrected chi connectivity index (χ0v) is 11.2. The summed E-state index contributed by atoms with van der Waals surface area (Å²) in [6, 6.07) is -0.219. The third-order valence-corrected chi connectivity index (χ3v) is 4.57. The lowest BCUT2D eigenvalue weighted by atomic mass is 10.1. The SMILES string of the molecule is CS(=O)(=O)c1cnn(C2CCCCCC2O)c1N. The van der Waals surface area contributed by atoms with Crippen LogP contribution in [0.15, 0.2) is 11.1 Å². The van der Waals surface area contributed by atoms with Crippen LogP contribution in [0.3, 0.4) is 0 Å². The fourth-order valence-electron chi connectivity index (χ4n) is 2.46. The molecule has 0 saturated heterocycles. The van der Waals surface area contributed by atoms with Gasteiger partial charge in [0.1, 0.15) is 10.7 Å². The maximum Gasteiger partial charge on any atom is 0.180 e. The first kappa shape index (κ1) is 13.4. The zero-order valence-electron chi connectivity index (χ0n) is 10.4. The van der Waals surface area contributed by atoms with E-state index in [1.807, 2.05) is 0 Å². The molecule has 0 aromatic carbocycles. The van der Waals surface area contributed by atoms with E-state index in [2.05, 4.69) is 5.10 Å². The predicted octanol–water partition coefficient (Wildman–Crippen LogP) is 0.735. The molecule has 1 aromatic heterocycles. The molecule has 0 aliphatic heterocycles. The van der Waals surface area contributed by atoms with E-state index in [1.165, 1.54) is 10.9 Å². The van der Waals surface area contributed by atoms with E-state index in [1.54, 1.807) is 0 Å². The van der Waals surface area contributed by atoms with E-state index in [-0.39, 0.29) is 16.8 Å². The molecule has 18 heavy (non-hydrogen) atoms. The number of hydrogen-bond acceptors (Lipinski definition) is 5. The number of aliphatic hydroxyl groups excluding tert-OH is 1. The van der Waals surface area contributed by atoms with Crippen LogP contribution < -0.4 is 5.73 Å². The number of rotatable bonds is 2. The summed E-state index contributed by atoms with van der Waals surface area (Å²) in [5, 5.41) is 14.1. The number of anilines is 1. The van der Waals surface area contributed by atoms with Crippen LogP contribution in [0.5, 0.6) is 0 Å². The summed E-state index contributed by atoms with van der Waals surface area (Å²) in [4.78, 5) is 0.0407. The number of nitrogen functional groups attached to an aromatic ring is 1. The molecule has 1 aromatic rings. The predicted molar refractivity (Wildman–Crippen MR) is 67.9 cm³/mol. The van der Waals surface area contributed by atoms with E-state index in [0.29, 0.717) is 6.42 Å². The quantitative estimate of drug-likeness (QED) is 0.774. The van der Waals surface area contributed by atoms with Gasteiger partial charge in [0.2, 0.25) is 0 Å². The van der Waals surface area contributed by atoms with Crippen molar-refractivity contribution >= 4 is 15.7 Å². The number of hydrogen-bond donors (Lipinski definition) is 2. The van der Waals surface area contributed by atoms with Gasteiger partial charge in [0, 0.05) is 6.26 Å². The van der Waals surface area contributed by atoms with Gasteiger partial charge in [-0.3, -0.25) is 0 Å². The van der Waals surface area contributed by atoms with Gasteiger partial charge in [0.15, 0.2) is 9.84 Å². The van der Waals surface area contributed by atoms with Gasteiger partial charge in [0.05, 0.1) is 18.3 Å². The average Bonchev–Trinajstić information content (AvgIpc) is 2.52. The van der Waals surface area contributed by atoms with Crippen molar-refractivity contribution in [1.82, 2.24) is 9.78 Å². The normalized spacial score (nSPS) is 25.9. The van der Waals surface area contributed by atoms with Crippen molar-refractivity contribution in [2.75, 3.05) is 12.0 Å². The Morgan fingerprint density at radius 3 is 2.67 bits per heavy atom. The van der Waals surface area contributed by atoms with Crippen LogP contribution in [0, 0.1) is 0 Å². The van der Waals surface area contributed by atoms with E-state index in [4.69, 9.17) is 5.73 Å². The highest BCUT2D eigenvalue weighted by atomic mass is 32.2. The van der Waals surface area contributed by atoms with Gasteiger partial charge in [-0.25, -0.2) is 13.1 Å². The molecule has 1 saturated carbocycles. The molecular formula is C11H19N3O3S. The summed E-state index contributed by atoms with van der Waals surface area (Å²) >= 11 is 0. The molecule has 0 radical (unpaired) electrons. The summed E-state index contributed by atoms with van der Waals surface area (Å²) in [7, 11) is -3.37. The molecule has 102 valence electrons. The summed E-state index contributed by atoms with van der Waals surface area (Å²) in [5.41, 5.74) is 5.84. The van der Waals surface area contributed by atoms with Crippen molar-refractivity contribution in [3.8, 4) is 0 Å². The van der Waals surface area contributed by atoms with Gasteiger partial charge in [-0.2, -0.15) is 5.10 Å². The van der Waals surface area contributed by atoms with Crippen molar-refractivity contribution in [3.05, 3.63) is 6.20 Å². The van der Waals surface area contributed by atoms with Crippen LogP contribution in [0.2, 0.25) is 0 Å². The molecule has 6 nitrogen and oxygen atoms in total. The molecule has 1 heterocycles. The minimum Gasteiger partial charge on any atom is -0.391 e. The first-order valence-electron chi connectivity index (χ1n) is 6.12. The summed E-state index contributed by atoms with van der Waals surface area (Å²) < 4.78 is 24.5. The third kappa shape index (κ3) is 2.51. The molecule has 2 rings (SSSR count). The largest absolute Gasteiger partial charge is 0.391 e. The smallest absolute Gasteiger partial charge is 0.180 e. The van der Waals surface area contributed by atoms with Crippen LogP contribution in [0.1, 0.15) is 38.1 Å². The Labute approximate surface area is 107 Å². The van der Waals surface area contributed by atoms with Crippen LogP contribution in [-0.2, 0) is 9.84 Å². The van der Waals surface area contributed by atoms with Crippen molar-refractivity contribution in [3.63, 3.8) is 0 Å². The third-order valence-electron chi connectivity index (χ3n) is 3.46. The van der Waals surface area contributed by atoms with Gasteiger partial charge in [-0.15, -0.1) is 0 Å². The number of aliphatic hydroxyl groups is 1.